The summed E-state index contributed by atoms with van der Waals surface area (Å²) in [5, 5.41) is 2.71. The molecule has 34 heavy (non-hydrogen) atoms. The van der Waals surface area contributed by atoms with Gasteiger partial charge in [0.2, 0.25) is 5.76 Å². The summed E-state index contributed by atoms with van der Waals surface area (Å²) in [4.78, 5) is 33.0. The average Bonchev–Trinajstić information content (AvgIpc) is 3.46. The van der Waals surface area contributed by atoms with Crippen LogP contribution in [0.15, 0.2) is 63.3 Å². The summed E-state index contributed by atoms with van der Waals surface area (Å²) in [6.07, 6.45) is 2.55. The Labute approximate surface area is 200 Å². The number of hydrogen-bond donors (Lipinski definition) is 0. The molecule has 0 spiro atoms. The highest BCUT2D eigenvalue weighted by Gasteiger charge is 2.45. The summed E-state index contributed by atoms with van der Waals surface area (Å²) in [5.41, 5.74) is 1.16. The molecular formula is C26H24N2O5S. The van der Waals surface area contributed by atoms with E-state index < -0.39 is 11.9 Å². The Hall–Kier alpha value is -3.65. The summed E-state index contributed by atoms with van der Waals surface area (Å²) in [7, 11) is 1.57. The largest absolute Gasteiger partial charge is 0.493 e. The van der Waals surface area contributed by atoms with Gasteiger partial charge in [-0.3, -0.25) is 14.5 Å². The topological polar surface area (TPSA) is 81.9 Å². The number of para-hydroxylation sites is 1. The number of methoxy groups -OCH3 is 1. The molecule has 0 radical (unpaired) electrons. The molecule has 0 bridgehead atoms. The molecule has 7 nitrogen and oxygen atoms in total. The summed E-state index contributed by atoms with van der Waals surface area (Å²) in [6.45, 7) is 4.85. The Morgan fingerprint density at radius 3 is 2.71 bits per heavy atom. The van der Waals surface area contributed by atoms with Gasteiger partial charge in [0.05, 0.1) is 30.7 Å². The van der Waals surface area contributed by atoms with Gasteiger partial charge in [-0.15, -0.1) is 11.3 Å². The number of amides is 1. The Morgan fingerprint density at radius 1 is 1.15 bits per heavy atom. The van der Waals surface area contributed by atoms with Gasteiger partial charge >= 0.3 is 0 Å². The summed E-state index contributed by atoms with van der Waals surface area (Å²) < 4.78 is 17.5. The van der Waals surface area contributed by atoms with Gasteiger partial charge in [-0.1, -0.05) is 32.0 Å². The number of rotatable bonds is 7. The monoisotopic (exact) mass is 476 g/mol. The standard InChI is InChI=1S/C26H24N2O5S/c1-15(2)10-12-32-19-9-8-16(14-20(19)31-3)22-21-23(29)17-6-4-5-7-18(17)33-24(21)25(30)28(22)26-27-11-13-34-26/h4-9,11,13-15,22H,10,12H2,1-3H3/t22-/m0/s1. The van der Waals surface area contributed by atoms with Crippen LogP contribution < -0.4 is 19.8 Å². The number of thiazole rings is 1. The first-order valence-corrected chi connectivity index (χ1v) is 12.0. The highest BCUT2D eigenvalue weighted by molar-refractivity contribution is 7.13. The van der Waals surface area contributed by atoms with Crippen LogP contribution in [0, 0.1) is 5.92 Å². The minimum absolute atomic E-state index is 0.0418. The minimum atomic E-state index is -0.701. The van der Waals surface area contributed by atoms with E-state index in [0.29, 0.717) is 51.3 Å². The van der Waals surface area contributed by atoms with Crippen LogP contribution in [-0.4, -0.2) is 24.6 Å². The second-order valence-electron chi connectivity index (χ2n) is 8.50. The molecule has 0 saturated heterocycles. The van der Waals surface area contributed by atoms with Crippen molar-refractivity contribution in [2.45, 2.75) is 26.3 Å². The normalized spacial score (nSPS) is 15.2. The molecule has 1 aliphatic rings. The first-order chi connectivity index (χ1) is 16.5. The number of carbonyl (C=O) groups is 1. The van der Waals surface area contributed by atoms with Gasteiger partial charge in [0, 0.05) is 11.6 Å². The zero-order chi connectivity index (χ0) is 23.8. The van der Waals surface area contributed by atoms with Crippen LogP contribution >= 0.6 is 11.3 Å². The lowest BCUT2D eigenvalue weighted by Crippen LogP contribution is -2.29. The van der Waals surface area contributed by atoms with E-state index in [1.807, 2.05) is 18.2 Å². The number of nitrogens with zero attached hydrogens (tertiary/aromatic N) is 2. The van der Waals surface area contributed by atoms with Crippen molar-refractivity contribution in [3.63, 3.8) is 0 Å². The molecule has 0 aliphatic carbocycles. The lowest BCUT2D eigenvalue weighted by atomic mass is 9.98. The first kappa shape index (κ1) is 22.2. The fourth-order valence-corrected chi connectivity index (χ4v) is 4.81. The van der Waals surface area contributed by atoms with Gasteiger partial charge in [-0.05, 0) is 42.2 Å². The Bertz CT molecular complexity index is 1410. The van der Waals surface area contributed by atoms with Gasteiger partial charge in [0.25, 0.3) is 5.91 Å². The molecule has 0 N–H and O–H groups in total. The van der Waals surface area contributed by atoms with Crippen molar-refractivity contribution in [1.29, 1.82) is 0 Å². The number of aromatic nitrogens is 1. The third-order valence-corrected chi connectivity index (χ3v) is 6.63. The van der Waals surface area contributed by atoms with Crippen molar-refractivity contribution in [3.05, 3.63) is 81.2 Å². The van der Waals surface area contributed by atoms with Crippen molar-refractivity contribution >= 4 is 33.3 Å². The number of anilines is 1. The molecule has 0 fully saturated rings. The molecule has 174 valence electrons. The van der Waals surface area contributed by atoms with E-state index in [1.165, 1.54) is 16.2 Å². The predicted molar refractivity (Wildman–Crippen MR) is 131 cm³/mol. The van der Waals surface area contributed by atoms with Crippen LogP contribution in [0.4, 0.5) is 5.13 Å². The van der Waals surface area contributed by atoms with E-state index in [4.69, 9.17) is 13.9 Å². The molecule has 0 unspecified atom stereocenters. The van der Waals surface area contributed by atoms with Crippen molar-refractivity contribution in [2.24, 2.45) is 5.92 Å². The lowest BCUT2D eigenvalue weighted by molar-refractivity contribution is 0.0971. The molecule has 1 amide bonds. The third kappa shape index (κ3) is 3.74. The van der Waals surface area contributed by atoms with Crippen molar-refractivity contribution in [1.82, 2.24) is 4.98 Å². The number of benzene rings is 2. The number of fused-ring (bicyclic) bond motifs is 2. The fourth-order valence-electron chi connectivity index (χ4n) is 4.15. The molecule has 8 heteroatoms. The maximum absolute atomic E-state index is 13.6. The van der Waals surface area contributed by atoms with Crippen LogP contribution in [0.5, 0.6) is 11.5 Å². The quantitative estimate of drug-likeness (QED) is 0.354. The number of ether oxygens (including phenoxy) is 2. The fraction of sp³-hybridized carbons (Fsp3) is 0.269. The van der Waals surface area contributed by atoms with E-state index in [1.54, 1.807) is 43.0 Å². The molecule has 2 aromatic carbocycles. The number of hydrogen-bond acceptors (Lipinski definition) is 7. The highest BCUT2D eigenvalue weighted by atomic mass is 32.1. The van der Waals surface area contributed by atoms with E-state index in [2.05, 4.69) is 18.8 Å². The molecule has 5 rings (SSSR count). The molecule has 0 saturated carbocycles. The van der Waals surface area contributed by atoms with Crippen molar-refractivity contribution in [2.75, 3.05) is 18.6 Å². The van der Waals surface area contributed by atoms with Gasteiger partial charge in [0.15, 0.2) is 22.1 Å². The molecule has 2 aromatic heterocycles. The SMILES string of the molecule is COc1cc([C@H]2c3c(oc4ccccc4c3=O)C(=O)N2c2nccs2)ccc1OCCC(C)C. The smallest absolute Gasteiger partial charge is 0.297 e. The summed E-state index contributed by atoms with van der Waals surface area (Å²) in [5.74, 6) is 1.32. The molecule has 4 aromatic rings. The minimum Gasteiger partial charge on any atom is -0.493 e. The van der Waals surface area contributed by atoms with E-state index in [0.717, 1.165) is 6.42 Å². The van der Waals surface area contributed by atoms with Crippen LogP contribution in [0.2, 0.25) is 0 Å². The van der Waals surface area contributed by atoms with Gasteiger partial charge in [0.1, 0.15) is 5.58 Å². The zero-order valence-corrected chi connectivity index (χ0v) is 19.9. The van der Waals surface area contributed by atoms with E-state index in [-0.39, 0.29) is 11.2 Å². The average molecular weight is 477 g/mol. The highest BCUT2D eigenvalue weighted by Crippen LogP contribution is 2.43. The third-order valence-electron chi connectivity index (χ3n) is 5.86. The van der Waals surface area contributed by atoms with E-state index >= 15 is 0 Å². The Kier molecular flexibility index (Phi) is 5.83. The first-order valence-electron chi connectivity index (χ1n) is 11.1. The Morgan fingerprint density at radius 2 is 1.97 bits per heavy atom. The van der Waals surface area contributed by atoms with Crippen LogP contribution in [-0.2, 0) is 0 Å². The molecule has 1 aliphatic heterocycles. The number of carbonyl (C=O) groups excluding carboxylic acids is 1. The molecule has 3 heterocycles. The maximum atomic E-state index is 13.6. The summed E-state index contributed by atoms with van der Waals surface area (Å²) in [6, 6.07) is 11.7. The van der Waals surface area contributed by atoms with Gasteiger partial charge < -0.3 is 13.9 Å². The predicted octanol–water partition coefficient (Wildman–Crippen LogP) is 5.43. The van der Waals surface area contributed by atoms with Gasteiger partial charge in [-0.25, -0.2) is 4.98 Å². The second kappa shape index (κ2) is 8.95. The molecular weight excluding hydrogens is 452 g/mol. The lowest BCUT2D eigenvalue weighted by Gasteiger charge is -2.23. The van der Waals surface area contributed by atoms with Crippen molar-refractivity contribution < 1.29 is 18.7 Å². The zero-order valence-electron chi connectivity index (χ0n) is 19.1. The Balaban J connectivity index is 1.65. The second-order valence-corrected chi connectivity index (χ2v) is 9.38. The summed E-state index contributed by atoms with van der Waals surface area (Å²) >= 11 is 1.32. The van der Waals surface area contributed by atoms with Crippen LogP contribution in [0.1, 0.15) is 48.0 Å². The van der Waals surface area contributed by atoms with Crippen LogP contribution in [0.25, 0.3) is 11.0 Å². The van der Waals surface area contributed by atoms with Crippen LogP contribution in [0.3, 0.4) is 0 Å². The van der Waals surface area contributed by atoms with Crippen molar-refractivity contribution in [3.8, 4) is 11.5 Å². The van der Waals surface area contributed by atoms with E-state index in [9.17, 15) is 9.59 Å². The van der Waals surface area contributed by atoms with Gasteiger partial charge in [-0.2, -0.15) is 0 Å². The maximum Gasteiger partial charge on any atom is 0.297 e. The molecule has 1 atom stereocenters.